The molecule has 0 N–H and O–H groups in total. The second-order valence-corrected chi connectivity index (χ2v) is 5.80. The number of phosphoric ester groups is 1. The fourth-order valence-electron chi connectivity index (χ4n) is 0.831. The number of Topliss-reactive ketones (excluding diaryl/α,β-unsaturated/α-hetero) is 1. The van der Waals surface area contributed by atoms with E-state index >= 15 is 0 Å². The van der Waals surface area contributed by atoms with Crippen LogP contribution in [0.2, 0.25) is 0 Å². The van der Waals surface area contributed by atoms with Crippen molar-refractivity contribution in [2.75, 3.05) is 19.8 Å². The molecular weight excluding hydrogens is 207 g/mol. The van der Waals surface area contributed by atoms with Crippen LogP contribution < -0.4 is 0 Å². The average molecular weight is 222 g/mol. The smallest absolute Gasteiger partial charge is 0.297 e. The Bertz CT molecular complexity index is 259. The van der Waals surface area contributed by atoms with E-state index in [0.29, 0.717) is 13.2 Å². The summed E-state index contributed by atoms with van der Waals surface area (Å²) in [6.07, 6.45) is 0. The minimum Gasteiger partial charge on any atom is -0.297 e. The lowest BCUT2D eigenvalue weighted by atomic mass is 9.97. The summed E-state index contributed by atoms with van der Waals surface area (Å²) in [6.45, 7) is 5.59. The van der Waals surface area contributed by atoms with Crippen molar-refractivity contribution in [3.63, 3.8) is 0 Å². The number of carbonyl (C=O) groups is 1. The molecule has 5 nitrogen and oxygen atoms in total. The van der Waals surface area contributed by atoms with E-state index < -0.39 is 7.82 Å². The Labute approximate surface area is 83.3 Å². The van der Waals surface area contributed by atoms with Gasteiger partial charge in [0.25, 0.3) is 0 Å². The number of phosphoric acid groups is 1. The highest BCUT2D eigenvalue weighted by Gasteiger charge is 2.38. The molecule has 0 aromatic heterocycles. The van der Waals surface area contributed by atoms with Gasteiger partial charge in [-0.05, 0) is 6.92 Å². The molecule has 0 unspecified atom stereocenters. The first-order chi connectivity index (χ1) is 6.33. The van der Waals surface area contributed by atoms with Crippen LogP contribution in [0.5, 0.6) is 0 Å². The molecule has 1 fully saturated rings. The van der Waals surface area contributed by atoms with Crippen LogP contribution in [0.3, 0.4) is 0 Å². The SMILES string of the molecule is CC(=O)COP1(=O)OCC(C)(C)CO1. The third-order valence-electron chi connectivity index (χ3n) is 1.65. The van der Waals surface area contributed by atoms with Crippen molar-refractivity contribution in [3.05, 3.63) is 0 Å². The Hall–Kier alpha value is -0.220. The molecule has 14 heavy (non-hydrogen) atoms. The van der Waals surface area contributed by atoms with Crippen LogP contribution in [-0.2, 0) is 22.9 Å². The molecule has 1 aliphatic heterocycles. The predicted octanol–water partition coefficient (Wildman–Crippen LogP) is 1.77. The number of carbonyl (C=O) groups excluding carboxylic acids is 1. The van der Waals surface area contributed by atoms with Crippen molar-refractivity contribution in [2.24, 2.45) is 5.41 Å². The van der Waals surface area contributed by atoms with Crippen molar-refractivity contribution in [1.82, 2.24) is 0 Å². The topological polar surface area (TPSA) is 61.8 Å². The van der Waals surface area contributed by atoms with Crippen molar-refractivity contribution in [2.45, 2.75) is 20.8 Å². The molecule has 0 spiro atoms. The molecule has 0 radical (unpaired) electrons. The summed E-state index contributed by atoms with van der Waals surface area (Å²) in [4.78, 5) is 10.6. The maximum Gasteiger partial charge on any atom is 0.475 e. The van der Waals surface area contributed by atoms with Gasteiger partial charge in [-0.15, -0.1) is 0 Å². The number of rotatable bonds is 3. The minimum atomic E-state index is -3.47. The van der Waals surface area contributed by atoms with Gasteiger partial charge in [-0.3, -0.25) is 18.4 Å². The van der Waals surface area contributed by atoms with Gasteiger partial charge < -0.3 is 0 Å². The first-order valence-corrected chi connectivity index (χ1v) is 5.82. The van der Waals surface area contributed by atoms with E-state index in [1.165, 1.54) is 6.92 Å². The molecule has 0 aliphatic carbocycles. The van der Waals surface area contributed by atoms with Gasteiger partial charge >= 0.3 is 7.82 Å². The van der Waals surface area contributed by atoms with Crippen LogP contribution in [0.1, 0.15) is 20.8 Å². The maximum atomic E-state index is 11.6. The van der Waals surface area contributed by atoms with E-state index in [0.717, 1.165) is 0 Å². The zero-order valence-corrected chi connectivity index (χ0v) is 9.50. The predicted molar refractivity (Wildman–Crippen MR) is 49.9 cm³/mol. The molecule has 1 heterocycles. The van der Waals surface area contributed by atoms with Gasteiger partial charge in [0.05, 0.1) is 13.2 Å². The summed E-state index contributed by atoms with van der Waals surface area (Å²) in [7, 11) is -3.47. The summed E-state index contributed by atoms with van der Waals surface area (Å²) in [5, 5.41) is 0. The molecule has 1 rings (SSSR count). The summed E-state index contributed by atoms with van der Waals surface area (Å²) in [5.74, 6) is -0.211. The third-order valence-corrected chi connectivity index (χ3v) is 2.99. The Morgan fingerprint density at radius 2 is 1.93 bits per heavy atom. The number of ketones is 1. The molecular formula is C8H15O5P. The lowest BCUT2D eigenvalue weighted by molar-refractivity contribution is -0.120. The summed E-state index contributed by atoms with van der Waals surface area (Å²) >= 11 is 0. The van der Waals surface area contributed by atoms with Crippen LogP contribution >= 0.6 is 7.82 Å². The highest BCUT2D eigenvalue weighted by Crippen LogP contribution is 2.54. The van der Waals surface area contributed by atoms with Crippen molar-refractivity contribution >= 4 is 13.6 Å². The number of hydrogen-bond acceptors (Lipinski definition) is 5. The highest BCUT2D eigenvalue weighted by molar-refractivity contribution is 7.48. The van der Waals surface area contributed by atoms with Gasteiger partial charge in [-0.1, -0.05) is 13.8 Å². The lowest BCUT2D eigenvalue weighted by Gasteiger charge is -2.32. The van der Waals surface area contributed by atoms with Crippen molar-refractivity contribution < 1.29 is 22.9 Å². The quantitative estimate of drug-likeness (QED) is 0.681. The molecule has 1 saturated heterocycles. The van der Waals surface area contributed by atoms with E-state index in [2.05, 4.69) is 0 Å². The van der Waals surface area contributed by atoms with Crippen molar-refractivity contribution in [1.29, 1.82) is 0 Å². The van der Waals surface area contributed by atoms with E-state index in [1.54, 1.807) is 0 Å². The summed E-state index contributed by atoms with van der Waals surface area (Å²) < 4.78 is 26.4. The number of hydrogen-bond donors (Lipinski definition) is 0. The fourth-order valence-corrected chi connectivity index (χ4v) is 2.41. The second-order valence-electron chi connectivity index (χ2n) is 4.13. The largest absolute Gasteiger partial charge is 0.475 e. The molecule has 0 amide bonds. The second kappa shape index (κ2) is 4.11. The molecule has 1 aliphatic rings. The van der Waals surface area contributed by atoms with Gasteiger partial charge in [0.2, 0.25) is 0 Å². The van der Waals surface area contributed by atoms with Crippen LogP contribution in [0, 0.1) is 5.41 Å². The lowest BCUT2D eigenvalue weighted by Crippen LogP contribution is -2.30. The summed E-state index contributed by atoms with van der Waals surface area (Å²) in [5.41, 5.74) is -0.159. The Balaban J connectivity index is 2.46. The van der Waals surface area contributed by atoms with E-state index in [1.807, 2.05) is 13.8 Å². The normalized spacial score (nSPS) is 24.5. The van der Waals surface area contributed by atoms with Crippen LogP contribution in [0.25, 0.3) is 0 Å². The fraction of sp³-hybridized carbons (Fsp3) is 0.875. The molecule has 0 saturated carbocycles. The van der Waals surface area contributed by atoms with Crippen LogP contribution in [0.15, 0.2) is 0 Å². The average Bonchev–Trinajstić information content (AvgIpc) is 2.08. The molecule has 0 aromatic carbocycles. The van der Waals surface area contributed by atoms with E-state index in [9.17, 15) is 9.36 Å². The van der Waals surface area contributed by atoms with Gasteiger partial charge in [0.1, 0.15) is 6.61 Å². The van der Waals surface area contributed by atoms with Gasteiger partial charge in [0, 0.05) is 5.41 Å². The Morgan fingerprint density at radius 3 is 2.36 bits per heavy atom. The maximum absolute atomic E-state index is 11.6. The Kier molecular flexibility index (Phi) is 3.48. The van der Waals surface area contributed by atoms with Gasteiger partial charge in [0.15, 0.2) is 5.78 Å². The first kappa shape index (κ1) is 11.9. The highest BCUT2D eigenvalue weighted by atomic mass is 31.2. The zero-order valence-electron chi connectivity index (χ0n) is 8.61. The van der Waals surface area contributed by atoms with Gasteiger partial charge in [-0.2, -0.15) is 0 Å². The monoisotopic (exact) mass is 222 g/mol. The molecule has 0 atom stereocenters. The first-order valence-electron chi connectivity index (χ1n) is 4.36. The summed E-state index contributed by atoms with van der Waals surface area (Å²) in [6, 6.07) is 0. The molecule has 0 bridgehead atoms. The van der Waals surface area contributed by atoms with Crippen LogP contribution in [0.4, 0.5) is 0 Å². The molecule has 82 valence electrons. The van der Waals surface area contributed by atoms with Crippen LogP contribution in [-0.4, -0.2) is 25.6 Å². The van der Waals surface area contributed by atoms with Crippen molar-refractivity contribution in [3.8, 4) is 0 Å². The minimum absolute atomic E-state index is 0.159. The zero-order chi connectivity index (χ0) is 10.8. The van der Waals surface area contributed by atoms with Gasteiger partial charge in [-0.25, -0.2) is 4.57 Å². The van der Waals surface area contributed by atoms with E-state index in [4.69, 9.17) is 13.6 Å². The molecule has 0 aromatic rings. The molecule has 6 heteroatoms. The van der Waals surface area contributed by atoms with E-state index in [-0.39, 0.29) is 17.8 Å². The third kappa shape index (κ3) is 3.50. The standard InChI is InChI=1S/C8H15O5P/c1-7(9)4-11-14(10)12-5-8(2,3)6-13-14/h4-6H2,1-3H3. The Morgan fingerprint density at radius 1 is 1.43 bits per heavy atom.